The van der Waals surface area contributed by atoms with Gasteiger partial charge in [-0.3, -0.25) is 0 Å². The lowest BCUT2D eigenvalue weighted by Gasteiger charge is -2.27. The molecule has 12 aromatic rings. The molecule has 4 heteroatoms. The fourth-order valence-electron chi connectivity index (χ4n) is 10.8. The highest BCUT2D eigenvalue weighted by atomic mass is 15.2. The first-order chi connectivity index (χ1) is 39.3. The van der Waals surface area contributed by atoms with Crippen molar-refractivity contribution < 1.29 is 0 Å². The smallest absolute Gasteiger partial charge is 0.0464 e. The van der Waals surface area contributed by atoms with Crippen LogP contribution in [0.25, 0.3) is 33.4 Å². The highest BCUT2D eigenvalue weighted by molar-refractivity contribution is 5.85. The minimum atomic E-state index is 1.09. The Labute approximate surface area is 472 Å². The molecule has 0 bridgehead atoms. The Morgan fingerprint density at radius 1 is 0.150 bits per heavy atom. The first-order valence-corrected chi connectivity index (χ1v) is 27.5. The van der Waals surface area contributed by atoms with E-state index in [2.05, 4.69) is 351 Å². The van der Waals surface area contributed by atoms with E-state index in [0.29, 0.717) is 0 Å². The third kappa shape index (κ3) is 11.0. The Bertz CT molecular complexity index is 3740. The summed E-state index contributed by atoms with van der Waals surface area (Å²) < 4.78 is 0. The van der Waals surface area contributed by atoms with Crippen molar-refractivity contribution in [2.75, 3.05) is 19.6 Å². The quantitative estimate of drug-likeness (QED) is 0.101. The van der Waals surface area contributed by atoms with Crippen LogP contribution < -0.4 is 19.6 Å². The van der Waals surface area contributed by atoms with Gasteiger partial charge < -0.3 is 19.6 Å². The topological polar surface area (TPSA) is 13.0 Å². The van der Waals surface area contributed by atoms with Crippen LogP contribution in [0.4, 0.5) is 68.2 Å². The Morgan fingerprint density at radius 3 is 0.487 bits per heavy atom. The van der Waals surface area contributed by atoms with E-state index in [0.717, 1.165) is 102 Å². The van der Waals surface area contributed by atoms with Gasteiger partial charge in [0.1, 0.15) is 0 Å². The van der Waals surface area contributed by atoms with Gasteiger partial charge in [-0.1, -0.05) is 158 Å². The molecule has 0 spiro atoms. The molecular formula is C76H62N4. The number of benzene rings is 12. The first-order valence-electron chi connectivity index (χ1n) is 27.5. The van der Waals surface area contributed by atoms with Gasteiger partial charge in [0, 0.05) is 68.2 Å². The van der Waals surface area contributed by atoms with Gasteiger partial charge >= 0.3 is 0 Å². The van der Waals surface area contributed by atoms with Crippen LogP contribution >= 0.6 is 0 Å². The molecule has 0 saturated carbocycles. The van der Waals surface area contributed by atoms with Crippen LogP contribution in [-0.2, 0) is 0 Å². The maximum atomic E-state index is 2.35. The highest BCUT2D eigenvalue weighted by Crippen LogP contribution is 2.42. The molecule has 386 valence electrons. The largest absolute Gasteiger partial charge is 0.310 e. The van der Waals surface area contributed by atoms with Crippen molar-refractivity contribution in [1.29, 1.82) is 0 Å². The number of hydrogen-bond donors (Lipinski definition) is 0. The Balaban J connectivity index is 0.787. The van der Waals surface area contributed by atoms with Gasteiger partial charge in [-0.15, -0.1) is 0 Å². The average molecular weight is 1030 g/mol. The van der Waals surface area contributed by atoms with Crippen molar-refractivity contribution in [3.05, 3.63) is 326 Å². The number of hydrogen-bond acceptors (Lipinski definition) is 4. The van der Waals surface area contributed by atoms with Crippen molar-refractivity contribution in [3.8, 4) is 33.4 Å². The second kappa shape index (κ2) is 22.8. The molecule has 12 aromatic carbocycles. The van der Waals surface area contributed by atoms with Gasteiger partial charge in [0.2, 0.25) is 0 Å². The zero-order valence-corrected chi connectivity index (χ0v) is 45.7. The lowest BCUT2D eigenvalue weighted by Crippen LogP contribution is -2.10. The molecule has 0 aliphatic carbocycles. The standard InChI is InChI=1S/C76H62N4/c1-55-15-11-23-73(51-55)77(65-19-7-5-8-20-65)67-39-27-59(28-40-67)61-31-43-69(44-32-61)79(75-25-13-17-57(3)53-75)71-47-35-63(36-48-71)64-37-49-72(50-38-64)80(76-26-14-18-58(4)54-76)70-45-33-62(34-46-70)60-29-41-68(42-30-60)78(66-21-9-6-10-22-66)74-24-12-16-56(2)52-74/h5-54H,1-4H3. The lowest BCUT2D eigenvalue weighted by molar-refractivity contribution is 1.27. The van der Waals surface area contributed by atoms with Crippen LogP contribution in [0.15, 0.2) is 303 Å². The Hall–Kier alpha value is -10.2. The zero-order chi connectivity index (χ0) is 54.4. The summed E-state index contributed by atoms with van der Waals surface area (Å²) in [5.41, 5.74) is 25.2. The van der Waals surface area contributed by atoms with Crippen molar-refractivity contribution in [1.82, 2.24) is 0 Å². The second-order valence-corrected chi connectivity index (χ2v) is 20.6. The fraction of sp³-hybridized carbons (Fsp3) is 0.0526. The van der Waals surface area contributed by atoms with E-state index in [-0.39, 0.29) is 0 Å². The summed E-state index contributed by atoms with van der Waals surface area (Å²) in [6, 6.07) is 110. The summed E-state index contributed by atoms with van der Waals surface area (Å²) in [4.78, 5) is 9.32. The van der Waals surface area contributed by atoms with E-state index in [9.17, 15) is 0 Å². The van der Waals surface area contributed by atoms with E-state index in [4.69, 9.17) is 0 Å². The summed E-state index contributed by atoms with van der Waals surface area (Å²) in [7, 11) is 0. The highest BCUT2D eigenvalue weighted by Gasteiger charge is 2.18. The van der Waals surface area contributed by atoms with Crippen LogP contribution in [0.2, 0.25) is 0 Å². The maximum Gasteiger partial charge on any atom is 0.0464 e. The van der Waals surface area contributed by atoms with E-state index < -0.39 is 0 Å². The summed E-state index contributed by atoms with van der Waals surface area (Å²) in [5, 5.41) is 0. The van der Waals surface area contributed by atoms with E-state index >= 15 is 0 Å². The van der Waals surface area contributed by atoms with Gasteiger partial charge in [0.05, 0.1) is 0 Å². The maximum absolute atomic E-state index is 2.35. The van der Waals surface area contributed by atoms with Crippen molar-refractivity contribution in [2.45, 2.75) is 27.7 Å². The number of para-hydroxylation sites is 2. The second-order valence-electron chi connectivity index (χ2n) is 20.6. The Kier molecular flexibility index (Phi) is 14.4. The lowest BCUT2D eigenvalue weighted by atomic mass is 10.0. The van der Waals surface area contributed by atoms with Crippen LogP contribution in [0.3, 0.4) is 0 Å². The zero-order valence-electron chi connectivity index (χ0n) is 45.7. The average Bonchev–Trinajstić information content (AvgIpc) is 3.52. The number of nitrogens with zero attached hydrogens (tertiary/aromatic N) is 4. The van der Waals surface area contributed by atoms with Crippen molar-refractivity contribution >= 4 is 68.2 Å². The van der Waals surface area contributed by atoms with Gasteiger partial charge in [-0.05, 0) is 229 Å². The molecule has 0 aromatic heterocycles. The molecule has 0 aliphatic rings. The normalized spacial score (nSPS) is 11.0. The van der Waals surface area contributed by atoms with Crippen LogP contribution in [-0.4, -0.2) is 0 Å². The monoisotopic (exact) mass is 1030 g/mol. The van der Waals surface area contributed by atoms with Crippen LogP contribution in [0, 0.1) is 27.7 Å². The molecule has 0 amide bonds. The molecule has 0 N–H and O–H groups in total. The van der Waals surface area contributed by atoms with Crippen LogP contribution in [0.5, 0.6) is 0 Å². The molecule has 0 fully saturated rings. The molecular weight excluding hydrogens is 969 g/mol. The first kappa shape index (κ1) is 50.6. The van der Waals surface area contributed by atoms with Gasteiger partial charge in [-0.25, -0.2) is 0 Å². The van der Waals surface area contributed by atoms with E-state index in [1.807, 2.05) is 0 Å². The molecule has 0 aliphatic heterocycles. The molecule has 0 atom stereocenters. The van der Waals surface area contributed by atoms with E-state index in [1.54, 1.807) is 0 Å². The van der Waals surface area contributed by atoms with Crippen molar-refractivity contribution in [2.24, 2.45) is 0 Å². The third-order valence-electron chi connectivity index (χ3n) is 14.8. The fourth-order valence-corrected chi connectivity index (χ4v) is 10.8. The van der Waals surface area contributed by atoms with Gasteiger partial charge in [-0.2, -0.15) is 0 Å². The van der Waals surface area contributed by atoms with Crippen molar-refractivity contribution in [3.63, 3.8) is 0 Å². The number of aryl methyl sites for hydroxylation is 4. The molecule has 80 heavy (non-hydrogen) atoms. The summed E-state index contributed by atoms with van der Waals surface area (Å²) in [5.74, 6) is 0. The number of rotatable bonds is 15. The SMILES string of the molecule is Cc1cccc(N(c2ccccc2)c2ccc(-c3ccc(N(c4ccc(-c5ccc(N(c6ccc(-c7ccc(N(c8ccccc8)c8cccc(C)c8)cc7)cc6)c6cccc(C)c6)cc5)cc4)c4cccc(C)c4)cc3)cc2)c1. The van der Waals surface area contributed by atoms with E-state index in [1.165, 1.54) is 22.3 Å². The van der Waals surface area contributed by atoms with Gasteiger partial charge in [0.25, 0.3) is 0 Å². The van der Waals surface area contributed by atoms with Gasteiger partial charge in [0.15, 0.2) is 0 Å². The predicted octanol–water partition coefficient (Wildman–Crippen LogP) is 21.8. The molecule has 0 heterocycles. The summed E-state index contributed by atoms with van der Waals surface area (Å²) in [6.45, 7) is 8.59. The van der Waals surface area contributed by atoms with Crippen LogP contribution in [0.1, 0.15) is 22.3 Å². The third-order valence-corrected chi connectivity index (χ3v) is 14.8. The predicted molar refractivity (Wildman–Crippen MR) is 340 cm³/mol. The molecule has 0 saturated heterocycles. The minimum Gasteiger partial charge on any atom is -0.310 e. The minimum absolute atomic E-state index is 1.09. The molecule has 0 unspecified atom stereocenters. The molecule has 12 rings (SSSR count). The molecule has 4 nitrogen and oxygen atoms in total. The molecule has 0 radical (unpaired) electrons. The number of anilines is 12. The summed E-state index contributed by atoms with van der Waals surface area (Å²) >= 11 is 0. The summed E-state index contributed by atoms with van der Waals surface area (Å²) in [6.07, 6.45) is 0. The Morgan fingerprint density at radius 2 is 0.312 bits per heavy atom.